The number of aromatic amines is 1. The van der Waals surface area contributed by atoms with E-state index in [0.29, 0.717) is 16.8 Å². The van der Waals surface area contributed by atoms with Gasteiger partial charge in [-0.3, -0.25) is 14.4 Å². The standard InChI is InChI=1S/C26H23N3O4/c27-19-12-10-16(11-13-19)23(26(32)33)24(30)22(29-25(31)17-6-2-1-3-7-17)14-18-15-28-21-9-5-4-8-20(18)21/h1-13,15,22-23,28H,14,27H2,(H,29,31)(H,32,33)/t22-,23?/m0/s1. The first-order chi connectivity index (χ1) is 15.9. The maximum Gasteiger partial charge on any atom is 0.318 e. The number of aliphatic carboxylic acids is 1. The fraction of sp³-hybridized carbons (Fsp3) is 0.115. The normalized spacial score (nSPS) is 12.7. The highest BCUT2D eigenvalue weighted by Crippen LogP contribution is 2.24. The van der Waals surface area contributed by atoms with Crippen molar-refractivity contribution >= 4 is 34.3 Å². The molecule has 0 saturated heterocycles. The van der Waals surface area contributed by atoms with Gasteiger partial charge in [-0.15, -0.1) is 0 Å². The van der Waals surface area contributed by atoms with E-state index in [1.807, 2.05) is 24.3 Å². The summed E-state index contributed by atoms with van der Waals surface area (Å²) in [5.41, 5.74) is 8.56. The Morgan fingerprint density at radius 1 is 0.909 bits per heavy atom. The van der Waals surface area contributed by atoms with Crippen LogP contribution in [0, 0.1) is 0 Å². The van der Waals surface area contributed by atoms with E-state index in [2.05, 4.69) is 10.3 Å². The van der Waals surface area contributed by atoms with Crippen molar-refractivity contribution in [3.8, 4) is 0 Å². The summed E-state index contributed by atoms with van der Waals surface area (Å²) in [7, 11) is 0. The maximum atomic E-state index is 13.6. The number of nitrogens with two attached hydrogens (primary N) is 1. The molecule has 0 fully saturated rings. The third-order valence-corrected chi connectivity index (χ3v) is 5.58. The summed E-state index contributed by atoms with van der Waals surface area (Å²) in [6.07, 6.45) is 1.92. The van der Waals surface area contributed by atoms with Crippen molar-refractivity contribution < 1.29 is 19.5 Å². The molecule has 1 heterocycles. The monoisotopic (exact) mass is 441 g/mol. The zero-order valence-electron chi connectivity index (χ0n) is 17.7. The number of amides is 1. The number of carboxylic acids is 1. The van der Waals surface area contributed by atoms with Crippen molar-refractivity contribution in [1.29, 1.82) is 0 Å². The highest BCUT2D eigenvalue weighted by atomic mass is 16.4. The Morgan fingerprint density at radius 2 is 1.58 bits per heavy atom. The van der Waals surface area contributed by atoms with Gasteiger partial charge < -0.3 is 21.1 Å². The number of para-hydroxylation sites is 1. The van der Waals surface area contributed by atoms with Crippen molar-refractivity contribution in [1.82, 2.24) is 10.3 Å². The zero-order chi connectivity index (χ0) is 23.4. The number of carboxylic acid groups (broad SMARTS) is 1. The van der Waals surface area contributed by atoms with Gasteiger partial charge in [0.15, 0.2) is 5.78 Å². The Bertz CT molecular complexity index is 1300. The van der Waals surface area contributed by atoms with Crippen LogP contribution >= 0.6 is 0 Å². The third-order valence-electron chi connectivity index (χ3n) is 5.58. The van der Waals surface area contributed by atoms with Gasteiger partial charge in [0.05, 0.1) is 6.04 Å². The molecule has 0 bridgehead atoms. The number of nitrogen functional groups attached to an aromatic ring is 1. The van der Waals surface area contributed by atoms with Crippen molar-refractivity contribution in [2.75, 3.05) is 5.73 Å². The number of rotatable bonds is 8. The second kappa shape index (κ2) is 9.40. The van der Waals surface area contributed by atoms with Crippen molar-refractivity contribution in [2.45, 2.75) is 18.4 Å². The second-order valence-corrected chi connectivity index (χ2v) is 7.80. The van der Waals surface area contributed by atoms with Gasteiger partial charge in [0.25, 0.3) is 5.91 Å². The molecule has 5 N–H and O–H groups in total. The minimum absolute atomic E-state index is 0.139. The van der Waals surface area contributed by atoms with E-state index < -0.39 is 29.6 Å². The molecule has 7 heteroatoms. The molecule has 3 aromatic carbocycles. The molecule has 0 aliphatic heterocycles. The lowest BCUT2D eigenvalue weighted by atomic mass is 9.88. The Balaban J connectivity index is 1.70. The molecular formula is C26H23N3O4. The summed E-state index contributed by atoms with van der Waals surface area (Å²) in [5, 5.41) is 13.6. The summed E-state index contributed by atoms with van der Waals surface area (Å²) in [4.78, 5) is 41.7. The topological polar surface area (TPSA) is 125 Å². The molecule has 2 atom stereocenters. The van der Waals surface area contributed by atoms with Crippen LogP contribution in [-0.2, 0) is 16.0 Å². The molecule has 7 nitrogen and oxygen atoms in total. The summed E-state index contributed by atoms with van der Waals surface area (Å²) in [6, 6.07) is 21.2. The van der Waals surface area contributed by atoms with E-state index in [9.17, 15) is 19.5 Å². The molecule has 4 aromatic rings. The lowest BCUT2D eigenvalue weighted by molar-refractivity contribution is -0.143. The molecule has 4 rings (SSSR count). The van der Waals surface area contributed by atoms with Crippen LogP contribution in [0.25, 0.3) is 10.9 Å². The first-order valence-corrected chi connectivity index (χ1v) is 10.5. The summed E-state index contributed by atoms with van der Waals surface area (Å²) in [6.45, 7) is 0. The molecule has 166 valence electrons. The Hall–Kier alpha value is -4.39. The van der Waals surface area contributed by atoms with Crippen molar-refractivity contribution in [2.24, 2.45) is 0 Å². The van der Waals surface area contributed by atoms with E-state index in [1.165, 1.54) is 12.1 Å². The number of H-pyrrole nitrogens is 1. The second-order valence-electron chi connectivity index (χ2n) is 7.80. The van der Waals surface area contributed by atoms with Crippen LogP contribution in [0.1, 0.15) is 27.4 Å². The van der Waals surface area contributed by atoms with Gasteiger partial charge in [-0.25, -0.2) is 0 Å². The predicted octanol–water partition coefficient (Wildman–Crippen LogP) is 3.53. The van der Waals surface area contributed by atoms with Crippen LogP contribution < -0.4 is 11.1 Å². The maximum absolute atomic E-state index is 13.6. The number of hydrogen-bond acceptors (Lipinski definition) is 4. The number of hydrogen-bond donors (Lipinski definition) is 4. The van der Waals surface area contributed by atoms with Crippen LogP contribution in [-0.4, -0.2) is 33.8 Å². The highest BCUT2D eigenvalue weighted by molar-refractivity contribution is 6.08. The van der Waals surface area contributed by atoms with E-state index >= 15 is 0 Å². The van der Waals surface area contributed by atoms with Gasteiger partial charge in [-0.2, -0.15) is 0 Å². The number of aromatic nitrogens is 1. The largest absolute Gasteiger partial charge is 0.480 e. The number of nitrogens with one attached hydrogen (secondary N) is 2. The van der Waals surface area contributed by atoms with Crippen molar-refractivity contribution in [3.05, 3.63) is 102 Å². The average molecular weight is 441 g/mol. The van der Waals surface area contributed by atoms with Gasteiger partial charge in [0.2, 0.25) is 0 Å². The molecular weight excluding hydrogens is 418 g/mol. The first-order valence-electron chi connectivity index (χ1n) is 10.5. The SMILES string of the molecule is Nc1ccc(C(C(=O)O)C(=O)[C@H](Cc2c[nH]c3ccccc23)NC(=O)c2ccccc2)cc1. The van der Waals surface area contributed by atoms with E-state index in [4.69, 9.17) is 5.73 Å². The van der Waals surface area contributed by atoms with Gasteiger partial charge >= 0.3 is 5.97 Å². The molecule has 0 radical (unpaired) electrons. The first kappa shape index (κ1) is 21.8. The summed E-state index contributed by atoms with van der Waals surface area (Å²) < 4.78 is 0. The fourth-order valence-corrected chi connectivity index (χ4v) is 3.89. The van der Waals surface area contributed by atoms with Crippen LogP contribution in [0.5, 0.6) is 0 Å². The summed E-state index contributed by atoms with van der Waals surface area (Å²) in [5.74, 6) is -3.79. The van der Waals surface area contributed by atoms with Crippen LogP contribution in [0.3, 0.4) is 0 Å². The number of Topliss-reactive ketones (excluding diaryl/α,β-unsaturated/α-hetero) is 1. The number of carbonyl (C=O) groups excluding carboxylic acids is 2. The Morgan fingerprint density at radius 3 is 2.27 bits per heavy atom. The molecule has 1 aromatic heterocycles. The van der Waals surface area contributed by atoms with Gasteiger partial charge in [-0.1, -0.05) is 48.5 Å². The minimum Gasteiger partial charge on any atom is -0.480 e. The number of ketones is 1. The number of benzene rings is 3. The molecule has 0 saturated carbocycles. The van der Waals surface area contributed by atoms with Crippen molar-refractivity contribution in [3.63, 3.8) is 0 Å². The molecule has 0 aliphatic rings. The predicted molar refractivity (Wildman–Crippen MR) is 126 cm³/mol. The zero-order valence-corrected chi connectivity index (χ0v) is 17.7. The number of fused-ring (bicyclic) bond motifs is 1. The molecule has 33 heavy (non-hydrogen) atoms. The van der Waals surface area contributed by atoms with E-state index in [0.717, 1.165) is 16.5 Å². The van der Waals surface area contributed by atoms with Gasteiger partial charge in [-0.05, 0) is 41.5 Å². The van der Waals surface area contributed by atoms with E-state index in [-0.39, 0.29) is 6.42 Å². The average Bonchev–Trinajstić information content (AvgIpc) is 3.23. The Labute approximate surface area is 190 Å². The lowest BCUT2D eigenvalue weighted by Crippen LogP contribution is -2.46. The molecule has 1 unspecified atom stereocenters. The van der Waals surface area contributed by atoms with E-state index in [1.54, 1.807) is 48.7 Å². The van der Waals surface area contributed by atoms with Crippen LogP contribution in [0.4, 0.5) is 5.69 Å². The van der Waals surface area contributed by atoms with Gasteiger partial charge in [0, 0.05) is 34.8 Å². The number of carbonyl (C=O) groups is 3. The molecule has 0 aliphatic carbocycles. The highest BCUT2D eigenvalue weighted by Gasteiger charge is 2.35. The smallest absolute Gasteiger partial charge is 0.318 e. The third kappa shape index (κ3) is 4.77. The molecule has 1 amide bonds. The lowest BCUT2D eigenvalue weighted by Gasteiger charge is -2.22. The fourth-order valence-electron chi connectivity index (χ4n) is 3.89. The number of anilines is 1. The summed E-state index contributed by atoms with van der Waals surface area (Å²) >= 11 is 0. The van der Waals surface area contributed by atoms with Crippen LogP contribution in [0.15, 0.2) is 85.1 Å². The Kier molecular flexibility index (Phi) is 6.22. The quantitative estimate of drug-likeness (QED) is 0.246. The van der Waals surface area contributed by atoms with Crippen LogP contribution in [0.2, 0.25) is 0 Å². The minimum atomic E-state index is -1.45. The van der Waals surface area contributed by atoms with Gasteiger partial charge in [0.1, 0.15) is 5.92 Å². The molecule has 0 spiro atoms.